The van der Waals surface area contributed by atoms with Gasteiger partial charge in [-0.15, -0.1) is 0 Å². The highest BCUT2D eigenvalue weighted by atomic mass is 35.5. The number of esters is 1. The molecule has 0 saturated carbocycles. The summed E-state index contributed by atoms with van der Waals surface area (Å²) in [5, 5.41) is -0.254. The van der Waals surface area contributed by atoms with Crippen molar-refractivity contribution in [2.24, 2.45) is 0 Å². The maximum atomic E-state index is 12.7. The minimum absolute atomic E-state index is 0.156. The van der Waals surface area contributed by atoms with E-state index in [0.29, 0.717) is 43.4 Å². The largest absolute Gasteiger partial charge is 0.462 e. The van der Waals surface area contributed by atoms with Gasteiger partial charge in [0.25, 0.3) is 11.1 Å². The van der Waals surface area contributed by atoms with Crippen molar-refractivity contribution in [1.82, 2.24) is 9.80 Å². The number of rotatable bonds is 6. The van der Waals surface area contributed by atoms with Gasteiger partial charge in [-0.25, -0.2) is 4.79 Å². The summed E-state index contributed by atoms with van der Waals surface area (Å²) in [6.45, 7) is 3.34. The lowest BCUT2D eigenvalue weighted by atomic mass is 10.1. The summed E-state index contributed by atoms with van der Waals surface area (Å²) in [6, 6.07) is 8.14. The van der Waals surface area contributed by atoms with Crippen molar-refractivity contribution in [1.29, 1.82) is 0 Å². The molecule has 2 aliphatic heterocycles. The highest BCUT2D eigenvalue weighted by Gasteiger charge is 2.37. The fraction of sp³-hybridized carbons (Fsp3) is 0.304. The average Bonchev–Trinajstić information content (AvgIpc) is 3.40. The molecule has 178 valence electrons. The highest BCUT2D eigenvalue weighted by molar-refractivity contribution is 8.18. The standard InChI is InChI=1S/C23H21ClN2O7S/c1-2-32-22(29)16-11-14(3-5-17(16)24)18-6-4-15(33-18)12-19-21(28)26(23(30)34-19)13-20(27)25-7-9-31-10-8-25/h3-6,11-12H,2,7-10,13H2,1H3/b19-12-. The summed E-state index contributed by atoms with van der Waals surface area (Å²) in [5.74, 6) is -0.609. The lowest BCUT2D eigenvalue weighted by molar-refractivity contribution is -0.139. The summed E-state index contributed by atoms with van der Waals surface area (Å²) < 4.78 is 16.0. The van der Waals surface area contributed by atoms with Crippen LogP contribution in [0, 0.1) is 0 Å². The third kappa shape index (κ3) is 5.19. The number of nitrogens with zero attached hydrogens (tertiary/aromatic N) is 2. The van der Waals surface area contributed by atoms with E-state index in [0.717, 1.165) is 16.7 Å². The minimum Gasteiger partial charge on any atom is -0.462 e. The monoisotopic (exact) mass is 504 g/mol. The summed E-state index contributed by atoms with van der Waals surface area (Å²) in [6.07, 6.45) is 1.45. The van der Waals surface area contributed by atoms with Gasteiger partial charge in [0.1, 0.15) is 18.1 Å². The number of carbonyl (C=O) groups excluding carboxylic acids is 4. The molecule has 1 aromatic heterocycles. The highest BCUT2D eigenvalue weighted by Crippen LogP contribution is 2.34. The van der Waals surface area contributed by atoms with Gasteiger partial charge < -0.3 is 18.8 Å². The van der Waals surface area contributed by atoms with Gasteiger partial charge in [0.15, 0.2) is 0 Å². The first-order chi connectivity index (χ1) is 16.4. The van der Waals surface area contributed by atoms with Crippen molar-refractivity contribution in [3.63, 3.8) is 0 Å². The van der Waals surface area contributed by atoms with E-state index in [1.54, 1.807) is 42.2 Å². The van der Waals surface area contributed by atoms with Gasteiger partial charge in [0.05, 0.1) is 35.3 Å². The topological polar surface area (TPSA) is 106 Å². The molecule has 0 atom stereocenters. The third-order valence-corrected chi connectivity index (χ3v) is 6.41. The van der Waals surface area contributed by atoms with Gasteiger partial charge in [-0.1, -0.05) is 11.6 Å². The van der Waals surface area contributed by atoms with E-state index in [-0.39, 0.29) is 34.6 Å². The summed E-state index contributed by atoms with van der Waals surface area (Å²) in [7, 11) is 0. The van der Waals surface area contributed by atoms with Crippen LogP contribution >= 0.6 is 23.4 Å². The number of benzene rings is 1. The lowest BCUT2D eigenvalue weighted by Crippen LogP contribution is -2.46. The summed E-state index contributed by atoms with van der Waals surface area (Å²) >= 11 is 6.86. The third-order valence-electron chi connectivity index (χ3n) is 5.18. The molecule has 0 bridgehead atoms. The lowest BCUT2D eigenvalue weighted by Gasteiger charge is -2.27. The molecule has 4 rings (SSSR count). The fourth-order valence-corrected chi connectivity index (χ4v) is 4.46. The van der Waals surface area contributed by atoms with Crippen LogP contribution in [0.15, 0.2) is 39.7 Å². The molecule has 2 saturated heterocycles. The zero-order valence-electron chi connectivity index (χ0n) is 18.2. The van der Waals surface area contributed by atoms with Crippen molar-refractivity contribution in [3.05, 3.63) is 51.6 Å². The van der Waals surface area contributed by atoms with E-state index in [9.17, 15) is 19.2 Å². The van der Waals surface area contributed by atoms with Crippen LogP contribution in [0.3, 0.4) is 0 Å². The first kappa shape index (κ1) is 24.1. The van der Waals surface area contributed by atoms with Gasteiger partial charge in [-0.05, 0) is 49.0 Å². The van der Waals surface area contributed by atoms with Crippen molar-refractivity contribution in [2.75, 3.05) is 39.5 Å². The Morgan fingerprint density at radius 2 is 1.94 bits per heavy atom. The average molecular weight is 505 g/mol. The van der Waals surface area contributed by atoms with Crippen LogP contribution in [0.4, 0.5) is 4.79 Å². The molecule has 0 N–H and O–H groups in total. The SMILES string of the molecule is CCOC(=O)c1cc(-c2ccc(/C=C3\SC(=O)N(CC(=O)N4CCOCC4)C3=O)o2)ccc1Cl. The molecular weight excluding hydrogens is 484 g/mol. The number of morpholine rings is 1. The number of carbonyl (C=O) groups is 4. The number of hydrogen-bond donors (Lipinski definition) is 0. The predicted molar refractivity (Wildman–Crippen MR) is 125 cm³/mol. The second-order valence-corrected chi connectivity index (χ2v) is 8.78. The molecule has 0 spiro atoms. The van der Waals surface area contributed by atoms with E-state index in [1.165, 1.54) is 6.08 Å². The van der Waals surface area contributed by atoms with Gasteiger partial charge in [0, 0.05) is 24.7 Å². The van der Waals surface area contributed by atoms with Crippen LogP contribution in [0.2, 0.25) is 5.02 Å². The van der Waals surface area contributed by atoms with Crippen LogP contribution in [0.25, 0.3) is 17.4 Å². The Kier molecular flexibility index (Phi) is 7.40. The number of halogens is 1. The van der Waals surface area contributed by atoms with Crippen molar-refractivity contribution < 1.29 is 33.1 Å². The Morgan fingerprint density at radius 1 is 1.18 bits per heavy atom. The number of hydrogen-bond acceptors (Lipinski definition) is 8. The maximum absolute atomic E-state index is 12.7. The predicted octanol–water partition coefficient (Wildman–Crippen LogP) is 3.67. The van der Waals surface area contributed by atoms with Crippen LogP contribution in [0.1, 0.15) is 23.0 Å². The number of thioether (sulfide) groups is 1. The fourth-order valence-electron chi connectivity index (χ4n) is 3.44. The molecule has 3 amide bonds. The molecule has 0 radical (unpaired) electrons. The summed E-state index contributed by atoms with van der Waals surface area (Å²) in [4.78, 5) is 52.3. The Hall–Kier alpha value is -3.08. The molecule has 9 nitrogen and oxygen atoms in total. The van der Waals surface area contributed by atoms with Gasteiger partial charge >= 0.3 is 5.97 Å². The number of furan rings is 1. The van der Waals surface area contributed by atoms with E-state index < -0.39 is 17.1 Å². The molecule has 2 aromatic rings. The first-order valence-electron chi connectivity index (χ1n) is 10.5. The molecule has 2 aliphatic rings. The van der Waals surface area contributed by atoms with Gasteiger partial charge in [-0.3, -0.25) is 19.3 Å². The van der Waals surface area contributed by atoms with E-state index in [4.69, 9.17) is 25.5 Å². The molecule has 0 aliphatic carbocycles. The van der Waals surface area contributed by atoms with Crippen LogP contribution < -0.4 is 0 Å². The smallest absolute Gasteiger partial charge is 0.339 e. The molecule has 1 aromatic carbocycles. The maximum Gasteiger partial charge on any atom is 0.339 e. The van der Waals surface area contributed by atoms with Gasteiger partial charge in [0.2, 0.25) is 5.91 Å². The van der Waals surface area contributed by atoms with Crippen LogP contribution in [-0.2, 0) is 19.1 Å². The minimum atomic E-state index is -0.550. The molecule has 0 unspecified atom stereocenters. The quantitative estimate of drug-likeness (QED) is 0.433. The van der Waals surface area contributed by atoms with E-state index in [1.807, 2.05) is 0 Å². The Balaban J connectivity index is 1.48. The molecular formula is C23H21ClN2O7S. The van der Waals surface area contributed by atoms with E-state index >= 15 is 0 Å². The van der Waals surface area contributed by atoms with Crippen LogP contribution in [0.5, 0.6) is 0 Å². The van der Waals surface area contributed by atoms with E-state index in [2.05, 4.69) is 0 Å². The molecule has 2 fully saturated rings. The number of ether oxygens (including phenoxy) is 2. The zero-order chi connectivity index (χ0) is 24.2. The van der Waals surface area contributed by atoms with Crippen LogP contribution in [-0.4, -0.2) is 72.3 Å². The van der Waals surface area contributed by atoms with Crippen molar-refractivity contribution in [2.45, 2.75) is 6.92 Å². The van der Waals surface area contributed by atoms with Crippen molar-refractivity contribution in [3.8, 4) is 11.3 Å². The Labute approximate surface area is 204 Å². The Morgan fingerprint density at radius 3 is 2.68 bits per heavy atom. The Bertz CT molecular complexity index is 1170. The zero-order valence-corrected chi connectivity index (χ0v) is 19.8. The molecule has 34 heavy (non-hydrogen) atoms. The normalized spacial score (nSPS) is 17.5. The second kappa shape index (κ2) is 10.5. The second-order valence-electron chi connectivity index (χ2n) is 7.38. The van der Waals surface area contributed by atoms with Gasteiger partial charge in [-0.2, -0.15) is 0 Å². The summed E-state index contributed by atoms with van der Waals surface area (Å²) in [5.41, 5.74) is 0.807. The van der Waals surface area contributed by atoms with Crippen molar-refractivity contribution >= 4 is 52.5 Å². The number of amides is 3. The molecule has 3 heterocycles. The first-order valence-corrected chi connectivity index (χ1v) is 11.7. The molecule has 11 heteroatoms. The number of imide groups is 1.